The van der Waals surface area contributed by atoms with Crippen LogP contribution < -0.4 is 0 Å². The van der Waals surface area contributed by atoms with E-state index >= 15 is 0 Å². The van der Waals surface area contributed by atoms with Gasteiger partial charge in [0.05, 0.1) is 11.9 Å². The predicted molar refractivity (Wildman–Crippen MR) is 109 cm³/mol. The number of likely N-dealkylation sites (tertiary alicyclic amines) is 2. The summed E-state index contributed by atoms with van der Waals surface area (Å²) in [4.78, 5) is 5.27. The second kappa shape index (κ2) is 11.0. The fourth-order valence-electron chi connectivity index (χ4n) is 4.14. The molecule has 5 heteroatoms. The van der Waals surface area contributed by atoms with Gasteiger partial charge in [-0.05, 0) is 77.5 Å². The Morgan fingerprint density at radius 3 is 2.08 bits per heavy atom. The van der Waals surface area contributed by atoms with Crippen molar-refractivity contribution >= 4 is 0 Å². The summed E-state index contributed by atoms with van der Waals surface area (Å²) in [6.45, 7) is 18.0. The molecule has 1 aromatic rings. The van der Waals surface area contributed by atoms with Gasteiger partial charge in [0.15, 0.2) is 0 Å². The van der Waals surface area contributed by atoms with E-state index in [1.54, 1.807) is 0 Å². The molecule has 3 rings (SSSR count). The lowest BCUT2D eigenvalue weighted by molar-refractivity contribution is 0.114. The summed E-state index contributed by atoms with van der Waals surface area (Å²) in [7, 11) is 0. The largest absolute Gasteiger partial charge is 0.303 e. The Bertz CT molecular complexity index is 482. The van der Waals surface area contributed by atoms with E-state index in [1.807, 2.05) is 18.5 Å². The molecule has 26 heavy (non-hydrogen) atoms. The quantitative estimate of drug-likeness (QED) is 0.758. The standard InChI is InChI=1S/C19H35N5.C2H6/c1-4-17-5-9-22(10-6-17)13-18-7-11-23(12-8-18)14-19-15-24(16(2)3)21-20-19;1-2/h15-18H,4-14H2,1-3H3;1-2H3. The predicted octanol–water partition coefficient (Wildman–Crippen LogP) is 4.22. The summed E-state index contributed by atoms with van der Waals surface area (Å²) in [5.74, 6) is 1.88. The number of hydrogen-bond donors (Lipinski definition) is 0. The molecule has 0 aromatic carbocycles. The molecule has 0 unspecified atom stereocenters. The van der Waals surface area contributed by atoms with Gasteiger partial charge < -0.3 is 4.90 Å². The van der Waals surface area contributed by atoms with Gasteiger partial charge in [-0.1, -0.05) is 32.4 Å². The van der Waals surface area contributed by atoms with Crippen molar-refractivity contribution in [2.45, 2.75) is 79.3 Å². The van der Waals surface area contributed by atoms with Gasteiger partial charge in [-0.25, -0.2) is 4.68 Å². The van der Waals surface area contributed by atoms with Crippen molar-refractivity contribution in [2.75, 3.05) is 32.7 Å². The molecule has 150 valence electrons. The van der Waals surface area contributed by atoms with Crippen LogP contribution in [-0.4, -0.2) is 57.5 Å². The third-order valence-corrected chi connectivity index (χ3v) is 5.98. The first-order valence-electron chi connectivity index (χ1n) is 11.0. The molecule has 0 bridgehead atoms. The SMILES string of the molecule is CC.CCC1CCN(CC2CCN(Cc3cn(C(C)C)nn3)CC2)CC1. The van der Waals surface area contributed by atoms with Crippen molar-refractivity contribution < 1.29 is 0 Å². The van der Waals surface area contributed by atoms with Crippen LogP contribution in [0.4, 0.5) is 0 Å². The van der Waals surface area contributed by atoms with E-state index < -0.39 is 0 Å². The van der Waals surface area contributed by atoms with Crippen LogP contribution in [0.25, 0.3) is 0 Å². The number of hydrogen-bond acceptors (Lipinski definition) is 4. The van der Waals surface area contributed by atoms with Crippen LogP contribution in [0.1, 0.15) is 78.5 Å². The third kappa shape index (κ3) is 6.34. The van der Waals surface area contributed by atoms with Crippen LogP contribution in [0.3, 0.4) is 0 Å². The molecular weight excluding hydrogens is 322 g/mol. The minimum atomic E-state index is 0.397. The molecule has 0 spiro atoms. The molecule has 0 atom stereocenters. The van der Waals surface area contributed by atoms with E-state index in [-0.39, 0.29) is 0 Å². The molecule has 2 saturated heterocycles. The zero-order valence-corrected chi connectivity index (χ0v) is 17.8. The average Bonchev–Trinajstić information content (AvgIpc) is 3.14. The minimum Gasteiger partial charge on any atom is -0.303 e. The highest BCUT2D eigenvalue weighted by Gasteiger charge is 2.24. The lowest BCUT2D eigenvalue weighted by Crippen LogP contribution is -2.41. The Morgan fingerprint density at radius 2 is 1.54 bits per heavy atom. The van der Waals surface area contributed by atoms with Crippen LogP contribution in [-0.2, 0) is 6.54 Å². The molecule has 2 fully saturated rings. The highest BCUT2D eigenvalue weighted by molar-refractivity contribution is 4.94. The summed E-state index contributed by atoms with van der Waals surface area (Å²) in [6.07, 6.45) is 8.99. The maximum absolute atomic E-state index is 4.32. The van der Waals surface area contributed by atoms with Gasteiger partial charge in [0, 0.05) is 19.1 Å². The first kappa shape index (κ1) is 21.4. The Balaban J connectivity index is 0.00000117. The molecule has 0 saturated carbocycles. The second-order valence-electron chi connectivity index (χ2n) is 8.16. The Morgan fingerprint density at radius 1 is 0.962 bits per heavy atom. The monoisotopic (exact) mass is 363 g/mol. The topological polar surface area (TPSA) is 37.2 Å². The van der Waals surface area contributed by atoms with E-state index in [4.69, 9.17) is 0 Å². The first-order chi connectivity index (χ1) is 12.6. The van der Waals surface area contributed by atoms with Gasteiger partial charge >= 0.3 is 0 Å². The molecule has 5 nitrogen and oxygen atoms in total. The lowest BCUT2D eigenvalue weighted by atomic mass is 9.91. The van der Waals surface area contributed by atoms with Crippen LogP contribution in [0.2, 0.25) is 0 Å². The van der Waals surface area contributed by atoms with Crippen molar-refractivity contribution in [2.24, 2.45) is 11.8 Å². The smallest absolute Gasteiger partial charge is 0.0967 e. The van der Waals surface area contributed by atoms with Crippen LogP contribution in [0.5, 0.6) is 0 Å². The number of rotatable bonds is 6. The Labute approximate surface area is 161 Å². The van der Waals surface area contributed by atoms with Crippen molar-refractivity contribution in [3.05, 3.63) is 11.9 Å². The molecule has 3 heterocycles. The zero-order valence-electron chi connectivity index (χ0n) is 17.8. The van der Waals surface area contributed by atoms with Crippen molar-refractivity contribution in [1.29, 1.82) is 0 Å². The van der Waals surface area contributed by atoms with E-state index in [0.717, 1.165) is 24.1 Å². The summed E-state index contributed by atoms with van der Waals surface area (Å²) < 4.78 is 1.96. The van der Waals surface area contributed by atoms with E-state index in [1.165, 1.54) is 64.8 Å². The summed E-state index contributed by atoms with van der Waals surface area (Å²) in [6, 6.07) is 0.397. The maximum atomic E-state index is 4.32. The van der Waals surface area contributed by atoms with Gasteiger partial charge in [0.2, 0.25) is 0 Å². The molecule has 1 aromatic heterocycles. The van der Waals surface area contributed by atoms with Crippen LogP contribution in [0, 0.1) is 11.8 Å². The number of aromatic nitrogens is 3. The Kier molecular flexibility index (Phi) is 9.06. The van der Waals surface area contributed by atoms with Gasteiger partial charge in [0.1, 0.15) is 0 Å². The van der Waals surface area contributed by atoms with Gasteiger partial charge in [-0.3, -0.25) is 4.90 Å². The highest BCUT2D eigenvalue weighted by atomic mass is 15.4. The fourth-order valence-corrected chi connectivity index (χ4v) is 4.14. The van der Waals surface area contributed by atoms with Gasteiger partial charge in [0.25, 0.3) is 0 Å². The minimum absolute atomic E-state index is 0.397. The van der Waals surface area contributed by atoms with Gasteiger partial charge in [-0.2, -0.15) is 0 Å². The molecule has 0 N–H and O–H groups in total. The lowest BCUT2D eigenvalue weighted by Gasteiger charge is -2.37. The summed E-state index contributed by atoms with van der Waals surface area (Å²) in [5, 5.41) is 8.54. The molecular formula is C21H41N5. The zero-order chi connectivity index (χ0) is 18.9. The van der Waals surface area contributed by atoms with Crippen molar-refractivity contribution in [3.8, 4) is 0 Å². The van der Waals surface area contributed by atoms with E-state index in [0.29, 0.717) is 6.04 Å². The third-order valence-electron chi connectivity index (χ3n) is 5.98. The average molecular weight is 364 g/mol. The van der Waals surface area contributed by atoms with Gasteiger partial charge in [-0.15, -0.1) is 5.10 Å². The summed E-state index contributed by atoms with van der Waals surface area (Å²) in [5.41, 5.74) is 1.11. The van der Waals surface area contributed by atoms with Crippen molar-refractivity contribution in [3.63, 3.8) is 0 Å². The normalized spacial score (nSPS) is 21.0. The first-order valence-corrected chi connectivity index (χ1v) is 11.0. The molecule has 0 aliphatic carbocycles. The maximum Gasteiger partial charge on any atom is 0.0967 e. The second-order valence-corrected chi connectivity index (χ2v) is 8.16. The number of piperidine rings is 2. The van der Waals surface area contributed by atoms with Crippen molar-refractivity contribution in [1.82, 2.24) is 24.8 Å². The molecule has 0 amide bonds. The molecule has 2 aliphatic heterocycles. The molecule has 2 aliphatic rings. The van der Waals surface area contributed by atoms with E-state index in [9.17, 15) is 0 Å². The molecule has 0 radical (unpaired) electrons. The van der Waals surface area contributed by atoms with Crippen LogP contribution in [0.15, 0.2) is 6.20 Å². The van der Waals surface area contributed by atoms with Crippen LogP contribution >= 0.6 is 0 Å². The Hall–Kier alpha value is -0.940. The fraction of sp³-hybridized carbons (Fsp3) is 0.905. The number of nitrogens with zero attached hydrogens (tertiary/aromatic N) is 5. The summed E-state index contributed by atoms with van der Waals surface area (Å²) >= 11 is 0. The van der Waals surface area contributed by atoms with E-state index in [2.05, 4.69) is 47.1 Å². The highest BCUT2D eigenvalue weighted by Crippen LogP contribution is 2.24.